The number of hydrogen-bond acceptors (Lipinski definition) is 4. The average Bonchev–Trinajstić information content (AvgIpc) is 2.11. The first-order valence-corrected chi connectivity index (χ1v) is 3.87. The number of rotatable bonds is 2. The minimum atomic E-state index is -0.937. The Kier molecular flexibility index (Phi) is 2.84. The van der Waals surface area contributed by atoms with Crippen LogP contribution < -0.4 is 5.32 Å². The van der Waals surface area contributed by atoms with E-state index in [0.717, 1.165) is 19.1 Å². The van der Waals surface area contributed by atoms with Gasteiger partial charge in [-0.2, -0.15) is 0 Å². The van der Waals surface area contributed by atoms with E-state index in [1.807, 2.05) is 5.32 Å². The Bertz CT molecular complexity index is 433. The Hall–Kier alpha value is -2.18. The summed E-state index contributed by atoms with van der Waals surface area (Å²) >= 11 is 0. The molecule has 0 unspecified atom stereocenters. The van der Waals surface area contributed by atoms with Gasteiger partial charge >= 0.3 is 5.69 Å². The molecule has 0 saturated heterocycles. The Labute approximate surface area is 83.5 Å². The number of nitro groups is 1. The molecule has 7 heteroatoms. The van der Waals surface area contributed by atoms with Crippen molar-refractivity contribution in [1.82, 2.24) is 0 Å². The number of benzene rings is 1. The van der Waals surface area contributed by atoms with Gasteiger partial charge in [0.25, 0.3) is 0 Å². The van der Waals surface area contributed by atoms with Crippen LogP contribution in [0.15, 0.2) is 12.1 Å². The summed E-state index contributed by atoms with van der Waals surface area (Å²) < 4.78 is 13.1. The van der Waals surface area contributed by atoms with Crippen molar-refractivity contribution < 1.29 is 19.2 Å². The molecule has 0 aliphatic carbocycles. The molecular formula is C8H7FN2O4. The normalized spacial score (nSPS) is 9.73. The molecule has 1 aromatic carbocycles. The van der Waals surface area contributed by atoms with E-state index in [2.05, 4.69) is 0 Å². The van der Waals surface area contributed by atoms with Crippen LogP contribution in [0.25, 0.3) is 0 Å². The maximum absolute atomic E-state index is 13.1. The van der Waals surface area contributed by atoms with Crippen LogP contribution in [0.2, 0.25) is 0 Å². The van der Waals surface area contributed by atoms with Crippen molar-refractivity contribution in [2.24, 2.45) is 0 Å². The first kappa shape index (κ1) is 10.9. The topological polar surface area (TPSA) is 92.5 Å². The summed E-state index contributed by atoms with van der Waals surface area (Å²) in [6.45, 7) is 1.09. The lowest BCUT2D eigenvalue weighted by Gasteiger charge is -2.06. The van der Waals surface area contributed by atoms with Crippen LogP contribution in [0.3, 0.4) is 0 Å². The van der Waals surface area contributed by atoms with Crippen LogP contribution in [0.4, 0.5) is 15.8 Å². The number of hydrogen-bond donors (Lipinski definition) is 2. The van der Waals surface area contributed by atoms with Crippen molar-refractivity contribution in [2.75, 3.05) is 5.32 Å². The molecule has 1 aromatic rings. The van der Waals surface area contributed by atoms with E-state index < -0.39 is 33.8 Å². The summed E-state index contributed by atoms with van der Waals surface area (Å²) in [7, 11) is 0. The molecule has 2 N–H and O–H groups in total. The van der Waals surface area contributed by atoms with Crippen molar-refractivity contribution in [2.45, 2.75) is 6.92 Å². The third-order valence-electron chi connectivity index (χ3n) is 1.60. The SMILES string of the molecule is CC(=O)Nc1c(F)ccc([N+](=O)[O-])c1O. The molecule has 6 nitrogen and oxygen atoms in total. The summed E-state index contributed by atoms with van der Waals surface area (Å²) in [5, 5.41) is 21.6. The fraction of sp³-hybridized carbons (Fsp3) is 0.125. The molecule has 0 saturated carbocycles. The molecule has 80 valence electrons. The minimum absolute atomic E-state index is 0.586. The molecule has 0 spiro atoms. The first-order valence-electron chi connectivity index (χ1n) is 3.87. The first-order chi connectivity index (χ1) is 6.93. The molecule has 15 heavy (non-hydrogen) atoms. The number of phenolic OH excluding ortho intramolecular Hbond substituents is 1. The largest absolute Gasteiger partial charge is 0.501 e. The van der Waals surface area contributed by atoms with Crippen molar-refractivity contribution in [3.8, 4) is 5.75 Å². The zero-order valence-corrected chi connectivity index (χ0v) is 7.65. The monoisotopic (exact) mass is 214 g/mol. The quantitative estimate of drug-likeness (QED) is 0.442. The highest BCUT2D eigenvalue weighted by Crippen LogP contribution is 2.35. The van der Waals surface area contributed by atoms with Gasteiger partial charge in [-0.1, -0.05) is 0 Å². The highest BCUT2D eigenvalue weighted by Gasteiger charge is 2.20. The maximum Gasteiger partial charge on any atom is 0.313 e. The molecule has 1 amide bonds. The fourth-order valence-electron chi connectivity index (χ4n) is 0.998. The Morgan fingerprint density at radius 3 is 2.67 bits per heavy atom. The van der Waals surface area contributed by atoms with Gasteiger partial charge in [-0.25, -0.2) is 4.39 Å². The van der Waals surface area contributed by atoms with Crippen LogP contribution in [0.1, 0.15) is 6.92 Å². The predicted molar refractivity (Wildman–Crippen MR) is 49.0 cm³/mol. The van der Waals surface area contributed by atoms with E-state index in [9.17, 15) is 24.4 Å². The van der Waals surface area contributed by atoms with E-state index in [-0.39, 0.29) is 0 Å². The highest BCUT2D eigenvalue weighted by atomic mass is 19.1. The van der Waals surface area contributed by atoms with Crippen molar-refractivity contribution in [3.05, 3.63) is 28.1 Å². The molecular weight excluding hydrogens is 207 g/mol. The Morgan fingerprint density at radius 1 is 1.60 bits per heavy atom. The van der Waals surface area contributed by atoms with E-state index >= 15 is 0 Å². The molecule has 1 rings (SSSR count). The third-order valence-corrected chi connectivity index (χ3v) is 1.60. The number of anilines is 1. The maximum atomic E-state index is 13.1. The number of carbonyl (C=O) groups is 1. The zero-order chi connectivity index (χ0) is 11.6. The van der Waals surface area contributed by atoms with Crippen LogP contribution in [0, 0.1) is 15.9 Å². The molecule has 0 aromatic heterocycles. The number of halogens is 1. The lowest BCUT2D eigenvalue weighted by molar-refractivity contribution is -0.385. The number of amides is 1. The van der Waals surface area contributed by atoms with E-state index in [4.69, 9.17) is 0 Å². The van der Waals surface area contributed by atoms with E-state index in [1.54, 1.807) is 0 Å². The van der Waals surface area contributed by atoms with E-state index in [1.165, 1.54) is 0 Å². The molecule has 0 atom stereocenters. The van der Waals surface area contributed by atoms with Gasteiger partial charge in [0.05, 0.1) is 4.92 Å². The molecule has 0 aliphatic rings. The summed E-state index contributed by atoms with van der Waals surface area (Å²) in [6, 6.07) is 1.61. The Morgan fingerprint density at radius 2 is 2.20 bits per heavy atom. The number of nitrogens with zero attached hydrogens (tertiary/aromatic N) is 1. The second kappa shape index (κ2) is 3.91. The summed E-state index contributed by atoms with van der Waals surface area (Å²) in [5.41, 5.74) is -1.25. The molecule has 0 aliphatic heterocycles. The van der Waals surface area contributed by atoms with Gasteiger partial charge in [0, 0.05) is 13.0 Å². The van der Waals surface area contributed by atoms with Gasteiger partial charge < -0.3 is 10.4 Å². The lowest BCUT2D eigenvalue weighted by Crippen LogP contribution is -2.08. The van der Waals surface area contributed by atoms with Gasteiger partial charge in [-0.3, -0.25) is 14.9 Å². The van der Waals surface area contributed by atoms with Gasteiger partial charge in [-0.05, 0) is 6.07 Å². The highest BCUT2D eigenvalue weighted by molar-refractivity contribution is 5.91. The zero-order valence-electron chi connectivity index (χ0n) is 7.65. The fourth-order valence-corrected chi connectivity index (χ4v) is 0.998. The summed E-state index contributed by atoms with van der Waals surface area (Å²) in [6.07, 6.45) is 0. The molecule has 0 heterocycles. The summed E-state index contributed by atoms with van der Waals surface area (Å²) in [4.78, 5) is 20.1. The molecule has 0 bridgehead atoms. The van der Waals surface area contributed by atoms with Crippen molar-refractivity contribution >= 4 is 17.3 Å². The van der Waals surface area contributed by atoms with Gasteiger partial charge in [-0.15, -0.1) is 0 Å². The average molecular weight is 214 g/mol. The smallest absolute Gasteiger partial charge is 0.313 e. The third kappa shape index (κ3) is 2.19. The number of phenols is 1. The van der Waals surface area contributed by atoms with E-state index in [0.29, 0.717) is 0 Å². The number of nitro benzene ring substituents is 1. The van der Waals surface area contributed by atoms with Crippen LogP contribution in [0.5, 0.6) is 5.75 Å². The van der Waals surface area contributed by atoms with Crippen LogP contribution in [-0.4, -0.2) is 15.9 Å². The number of carbonyl (C=O) groups excluding carboxylic acids is 1. The van der Waals surface area contributed by atoms with Crippen molar-refractivity contribution in [1.29, 1.82) is 0 Å². The summed E-state index contributed by atoms with van der Waals surface area (Å²) in [5.74, 6) is -2.46. The van der Waals surface area contributed by atoms with Gasteiger partial charge in [0.2, 0.25) is 11.7 Å². The number of nitrogens with one attached hydrogen (secondary N) is 1. The van der Waals surface area contributed by atoms with Crippen LogP contribution in [-0.2, 0) is 4.79 Å². The van der Waals surface area contributed by atoms with Gasteiger partial charge in [0.15, 0.2) is 5.82 Å². The van der Waals surface area contributed by atoms with Gasteiger partial charge in [0.1, 0.15) is 5.69 Å². The Balaban J connectivity index is 3.29. The minimum Gasteiger partial charge on any atom is -0.501 e. The predicted octanol–water partition coefficient (Wildman–Crippen LogP) is 1.40. The number of aromatic hydroxyl groups is 1. The van der Waals surface area contributed by atoms with Crippen LogP contribution >= 0.6 is 0 Å². The second-order valence-corrected chi connectivity index (χ2v) is 2.73. The molecule has 0 radical (unpaired) electrons. The lowest BCUT2D eigenvalue weighted by atomic mass is 10.2. The second-order valence-electron chi connectivity index (χ2n) is 2.73. The molecule has 0 fully saturated rings. The van der Waals surface area contributed by atoms with Crippen molar-refractivity contribution in [3.63, 3.8) is 0 Å². The standard InChI is InChI=1S/C8H7FN2O4/c1-4(12)10-7-5(9)2-3-6(8(7)13)11(14)15/h2-3,13H,1H3,(H,10,12).